The normalized spacial score (nSPS) is 10.7. The van der Waals surface area contributed by atoms with Gasteiger partial charge < -0.3 is 19.2 Å². The van der Waals surface area contributed by atoms with Crippen molar-refractivity contribution in [3.05, 3.63) is 72.3 Å². The van der Waals surface area contributed by atoms with E-state index < -0.39 is 0 Å². The van der Waals surface area contributed by atoms with Gasteiger partial charge in [-0.05, 0) is 92.3 Å². The lowest BCUT2D eigenvalue weighted by molar-refractivity contribution is 0.0977. The number of anilines is 1. The van der Waals surface area contributed by atoms with Crippen molar-refractivity contribution in [2.45, 2.75) is 26.7 Å². The van der Waals surface area contributed by atoms with Gasteiger partial charge in [0.05, 0.1) is 13.2 Å². The lowest BCUT2D eigenvalue weighted by Crippen LogP contribution is -2.34. The fourth-order valence-corrected chi connectivity index (χ4v) is 3.57. The van der Waals surface area contributed by atoms with E-state index in [1.165, 1.54) is 0 Å². The molecule has 3 aromatic carbocycles. The summed E-state index contributed by atoms with van der Waals surface area (Å²) >= 11 is 5.32. The number of carbonyl (C=O) groups is 1. The second kappa shape index (κ2) is 11.5. The molecule has 0 aliphatic rings. The molecule has 0 aliphatic heterocycles. The van der Waals surface area contributed by atoms with Gasteiger partial charge in [-0.3, -0.25) is 10.1 Å². The summed E-state index contributed by atoms with van der Waals surface area (Å²) in [6.45, 7) is 5.33. The van der Waals surface area contributed by atoms with Crippen LogP contribution in [0.4, 0.5) is 5.69 Å². The highest BCUT2D eigenvalue weighted by molar-refractivity contribution is 7.80. The molecule has 0 spiro atoms. The van der Waals surface area contributed by atoms with Gasteiger partial charge in [0.1, 0.15) is 17.0 Å². The molecule has 0 bridgehead atoms. The molecule has 0 atom stereocenters. The molecular weight excluding hydrogens is 462 g/mol. The number of nitrogens with zero attached hydrogens (tertiary/aromatic N) is 1. The topological polar surface area (TPSA) is 85.6 Å². The first-order chi connectivity index (χ1) is 17.1. The molecule has 2 N–H and O–H groups in total. The Labute approximate surface area is 209 Å². The molecule has 0 saturated carbocycles. The van der Waals surface area contributed by atoms with Crippen molar-refractivity contribution < 1.29 is 18.7 Å². The number of carbonyl (C=O) groups excluding carboxylic acids is 1. The first-order valence-electron chi connectivity index (χ1n) is 11.5. The number of unbranched alkanes of at least 4 members (excludes halogenated alkanes) is 1. The van der Waals surface area contributed by atoms with Gasteiger partial charge in [0.15, 0.2) is 10.7 Å². The van der Waals surface area contributed by atoms with Crippen LogP contribution in [0.2, 0.25) is 0 Å². The average Bonchev–Trinajstić information content (AvgIpc) is 3.28. The largest absolute Gasteiger partial charge is 0.494 e. The molecule has 0 saturated heterocycles. The van der Waals surface area contributed by atoms with Crippen LogP contribution < -0.4 is 20.1 Å². The van der Waals surface area contributed by atoms with Gasteiger partial charge in [-0.1, -0.05) is 13.3 Å². The quantitative estimate of drug-likeness (QED) is 0.214. The smallest absolute Gasteiger partial charge is 0.257 e. The summed E-state index contributed by atoms with van der Waals surface area (Å²) in [6.07, 6.45) is 2.06. The molecule has 7 nitrogen and oxygen atoms in total. The van der Waals surface area contributed by atoms with Crippen LogP contribution in [0, 0.1) is 0 Å². The Balaban J connectivity index is 1.37. The zero-order chi connectivity index (χ0) is 24.6. The molecular formula is C27H27N3O4S. The Kier molecular flexibility index (Phi) is 7.95. The molecule has 4 rings (SSSR count). The van der Waals surface area contributed by atoms with Gasteiger partial charge in [-0.15, -0.1) is 0 Å². The molecule has 0 unspecified atom stereocenters. The minimum absolute atomic E-state index is 0.188. The fraction of sp³-hybridized carbons (Fsp3) is 0.222. The van der Waals surface area contributed by atoms with Crippen LogP contribution in [0.15, 0.2) is 71.1 Å². The van der Waals surface area contributed by atoms with Gasteiger partial charge in [-0.2, -0.15) is 0 Å². The molecule has 180 valence electrons. The van der Waals surface area contributed by atoms with E-state index in [9.17, 15) is 4.79 Å². The Hall–Kier alpha value is -3.91. The number of nitrogens with one attached hydrogen (secondary N) is 2. The monoisotopic (exact) mass is 489 g/mol. The minimum atomic E-state index is -0.303. The van der Waals surface area contributed by atoms with E-state index in [1.807, 2.05) is 49.4 Å². The van der Waals surface area contributed by atoms with Crippen LogP contribution in [-0.2, 0) is 0 Å². The highest BCUT2D eigenvalue weighted by Crippen LogP contribution is 2.27. The number of thiocarbonyl (C=S) groups is 1. The molecule has 0 radical (unpaired) electrons. The van der Waals surface area contributed by atoms with Gasteiger partial charge in [0.25, 0.3) is 5.91 Å². The standard InChI is InChI=1S/C27H27N3O4S/c1-3-5-16-33-22-11-6-18(7-12-22)25(31)30-27(35)28-20-10-15-24-23(17-20)29-26(34-24)19-8-13-21(14-9-19)32-4-2/h6-15,17H,3-5,16H2,1-2H3,(H2,28,30,31,35). The third-order valence-electron chi connectivity index (χ3n) is 5.17. The molecule has 4 aromatic rings. The predicted octanol–water partition coefficient (Wildman–Crippen LogP) is 6.20. The number of ether oxygens (including phenoxy) is 2. The second-order valence-corrected chi connectivity index (χ2v) is 8.20. The van der Waals surface area contributed by atoms with Crippen LogP contribution in [0.25, 0.3) is 22.6 Å². The van der Waals surface area contributed by atoms with Gasteiger partial charge >= 0.3 is 0 Å². The van der Waals surface area contributed by atoms with Crippen LogP contribution in [0.5, 0.6) is 11.5 Å². The molecule has 1 aromatic heterocycles. The number of hydrogen-bond acceptors (Lipinski definition) is 6. The highest BCUT2D eigenvalue weighted by Gasteiger charge is 2.12. The SMILES string of the molecule is CCCCOc1ccc(C(=O)NC(=S)Nc2ccc3oc(-c4ccc(OCC)cc4)nc3c2)cc1. The number of oxazole rings is 1. The van der Waals surface area contributed by atoms with Crippen LogP contribution in [0.1, 0.15) is 37.0 Å². The summed E-state index contributed by atoms with van der Waals surface area (Å²) in [5.41, 5.74) is 3.35. The fourth-order valence-electron chi connectivity index (χ4n) is 3.36. The Morgan fingerprint density at radius 1 is 0.971 bits per heavy atom. The minimum Gasteiger partial charge on any atom is -0.494 e. The Morgan fingerprint density at radius 3 is 2.40 bits per heavy atom. The maximum absolute atomic E-state index is 12.5. The predicted molar refractivity (Wildman–Crippen MR) is 141 cm³/mol. The number of amides is 1. The molecule has 0 aliphatic carbocycles. The summed E-state index contributed by atoms with van der Waals surface area (Å²) in [6, 6.07) is 20.0. The van der Waals surface area contributed by atoms with Crippen molar-refractivity contribution in [1.29, 1.82) is 0 Å². The Bertz CT molecular complexity index is 1300. The lowest BCUT2D eigenvalue weighted by Gasteiger charge is -2.10. The van der Waals surface area contributed by atoms with E-state index >= 15 is 0 Å². The van der Waals surface area contributed by atoms with E-state index in [4.69, 9.17) is 26.1 Å². The number of benzene rings is 3. The van der Waals surface area contributed by atoms with Crippen molar-refractivity contribution in [2.75, 3.05) is 18.5 Å². The average molecular weight is 490 g/mol. The van der Waals surface area contributed by atoms with Crippen molar-refractivity contribution >= 4 is 40.0 Å². The van der Waals surface area contributed by atoms with Crippen LogP contribution >= 0.6 is 12.2 Å². The number of fused-ring (bicyclic) bond motifs is 1. The zero-order valence-corrected chi connectivity index (χ0v) is 20.5. The van der Waals surface area contributed by atoms with Crippen LogP contribution in [-0.4, -0.2) is 29.2 Å². The van der Waals surface area contributed by atoms with E-state index in [-0.39, 0.29) is 11.0 Å². The summed E-state index contributed by atoms with van der Waals surface area (Å²) in [4.78, 5) is 17.1. The Morgan fingerprint density at radius 2 is 1.69 bits per heavy atom. The van der Waals surface area contributed by atoms with Gasteiger partial charge in [0, 0.05) is 16.8 Å². The van der Waals surface area contributed by atoms with Gasteiger partial charge in [0.2, 0.25) is 5.89 Å². The maximum Gasteiger partial charge on any atom is 0.257 e. The number of rotatable bonds is 9. The summed E-state index contributed by atoms with van der Waals surface area (Å²) in [7, 11) is 0. The maximum atomic E-state index is 12.5. The summed E-state index contributed by atoms with van der Waals surface area (Å²) in [5.74, 6) is 1.74. The highest BCUT2D eigenvalue weighted by atomic mass is 32.1. The first kappa shape index (κ1) is 24.2. The van der Waals surface area contributed by atoms with Crippen molar-refractivity contribution in [1.82, 2.24) is 10.3 Å². The zero-order valence-electron chi connectivity index (χ0n) is 19.7. The second-order valence-electron chi connectivity index (χ2n) is 7.79. The third kappa shape index (κ3) is 6.36. The number of hydrogen-bond donors (Lipinski definition) is 2. The van der Waals surface area contributed by atoms with E-state index in [0.29, 0.717) is 41.5 Å². The van der Waals surface area contributed by atoms with E-state index in [0.717, 1.165) is 29.9 Å². The van der Waals surface area contributed by atoms with Crippen molar-refractivity contribution in [3.63, 3.8) is 0 Å². The van der Waals surface area contributed by atoms with Crippen molar-refractivity contribution in [2.24, 2.45) is 0 Å². The van der Waals surface area contributed by atoms with E-state index in [1.54, 1.807) is 24.3 Å². The molecule has 1 amide bonds. The summed E-state index contributed by atoms with van der Waals surface area (Å²) in [5, 5.41) is 5.91. The molecule has 35 heavy (non-hydrogen) atoms. The molecule has 8 heteroatoms. The number of aromatic nitrogens is 1. The van der Waals surface area contributed by atoms with Gasteiger partial charge in [-0.25, -0.2) is 4.98 Å². The van der Waals surface area contributed by atoms with Crippen molar-refractivity contribution in [3.8, 4) is 23.0 Å². The molecule has 1 heterocycles. The molecule has 0 fully saturated rings. The van der Waals surface area contributed by atoms with E-state index in [2.05, 4.69) is 22.5 Å². The first-order valence-corrected chi connectivity index (χ1v) is 12.0. The lowest BCUT2D eigenvalue weighted by atomic mass is 10.2. The third-order valence-corrected chi connectivity index (χ3v) is 5.37. The van der Waals surface area contributed by atoms with Crippen LogP contribution in [0.3, 0.4) is 0 Å². The summed E-state index contributed by atoms with van der Waals surface area (Å²) < 4.78 is 17.0.